The summed E-state index contributed by atoms with van der Waals surface area (Å²) in [6, 6.07) is 16.0. The van der Waals surface area contributed by atoms with Crippen LogP contribution in [0.1, 0.15) is 40.7 Å². The van der Waals surface area contributed by atoms with Gasteiger partial charge in [0.05, 0.1) is 19.8 Å². The van der Waals surface area contributed by atoms with Crippen molar-refractivity contribution in [2.75, 3.05) is 50.8 Å². The molecule has 3 fully saturated rings. The molecule has 0 aliphatic carbocycles. The summed E-state index contributed by atoms with van der Waals surface area (Å²) in [7, 11) is 0. The molecule has 1 spiro atoms. The highest BCUT2D eigenvalue weighted by atomic mass is 16.6. The minimum atomic E-state index is -0.508. The Labute approximate surface area is 201 Å². The van der Waals surface area contributed by atoms with Crippen LogP contribution in [0.5, 0.6) is 0 Å². The van der Waals surface area contributed by atoms with Crippen molar-refractivity contribution in [1.82, 2.24) is 9.80 Å². The van der Waals surface area contributed by atoms with E-state index in [0.29, 0.717) is 45.8 Å². The summed E-state index contributed by atoms with van der Waals surface area (Å²) in [5.41, 5.74) is 3.48. The van der Waals surface area contributed by atoms with E-state index in [9.17, 15) is 9.59 Å². The second-order valence-corrected chi connectivity index (χ2v) is 9.59. The lowest BCUT2D eigenvalue weighted by molar-refractivity contribution is 0.0438. The van der Waals surface area contributed by atoms with Gasteiger partial charge in [-0.2, -0.15) is 0 Å². The number of ether oxygens (including phenoxy) is 2. The Kier molecular flexibility index (Phi) is 6.46. The van der Waals surface area contributed by atoms with Gasteiger partial charge in [-0.25, -0.2) is 4.79 Å². The maximum atomic E-state index is 13.5. The van der Waals surface area contributed by atoms with Gasteiger partial charge in [0.25, 0.3) is 5.91 Å². The molecule has 180 valence electrons. The first-order valence-electron chi connectivity index (χ1n) is 12.3. The number of anilines is 1. The molecule has 3 aliphatic rings. The molecule has 3 aliphatic heterocycles. The van der Waals surface area contributed by atoms with Gasteiger partial charge in [0.2, 0.25) is 0 Å². The third-order valence-electron chi connectivity index (χ3n) is 7.33. The molecule has 0 aromatic heterocycles. The van der Waals surface area contributed by atoms with Crippen LogP contribution >= 0.6 is 0 Å². The lowest BCUT2D eigenvalue weighted by Crippen LogP contribution is -2.38. The number of nitrogens with zero attached hydrogens (tertiary/aromatic N) is 3. The largest absolute Gasteiger partial charge is 0.441 e. The molecule has 0 bridgehead atoms. The summed E-state index contributed by atoms with van der Waals surface area (Å²) in [5.74, 6) is 0.0649. The molecule has 2 amide bonds. The van der Waals surface area contributed by atoms with Gasteiger partial charge in [-0.1, -0.05) is 36.4 Å². The second-order valence-electron chi connectivity index (χ2n) is 9.59. The van der Waals surface area contributed by atoms with E-state index in [0.717, 1.165) is 48.3 Å². The van der Waals surface area contributed by atoms with Crippen LogP contribution in [-0.2, 0) is 16.0 Å². The van der Waals surface area contributed by atoms with Crippen molar-refractivity contribution in [3.8, 4) is 0 Å². The molecule has 7 heteroatoms. The number of amides is 2. The Morgan fingerprint density at radius 2 is 1.76 bits per heavy atom. The van der Waals surface area contributed by atoms with Crippen LogP contribution in [0.3, 0.4) is 0 Å². The van der Waals surface area contributed by atoms with Gasteiger partial charge in [0.15, 0.2) is 0 Å². The Hall–Kier alpha value is -3.06. The summed E-state index contributed by atoms with van der Waals surface area (Å²) in [6.07, 6.45) is 2.01. The minimum absolute atomic E-state index is 0.0649. The number of benzene rings is 2. The van der Waals surface area contributed by atoms with Crippen LogP contribution in [0.25, 0.3) is 0 Å². The predicted molar refractivity (Wildman–Crippen MR) is 130 cm³/mol. The molecule has 2 aromatic carbocycles. The monoisotopic (exact) mass is 463 g/mol. The fourth-order valence-electron chi connectivity index (χ4n) is 5.42. The average molecular weight is 464 g/mol. The van der Waals surface area contributed by atoms with E-state index in [1.54, 1.807) is 4.90 Å². The van der Waals surface area contributed by atoms with Crippen molar-refractivity contribution in [2.45, 2.75) is 38.3 Å². The number of carbonyl (C=O) groups excluding carboxylic acids is 2. The van der Waals surface area contributed by atoms with Crippen molar-refractivity contribution in [3.05, 3.63) is 65.2 Å². The molecule has 0 radical (unpaired) electrons. The van der Waals surface area contributed by atoms with Gasteiger partial charge in [-0.3, -0.25) is 9.69 Å². The van der Waals surface area contributed by atoms with Gasteiger partial charge in [-0.15, -0.1) is 0 Å². The highest BCUT2D eigenvalue weighted by Crippen LogP contribution is 2.35. The molecule has 5 rings (SSSR count). The Morgan fingerprint density at radius 1 is 0.971 bits per heavy atom. The summed E-state index contributed by atoms with van der Waals surface area (Å²) in [6.45, 7) is 7.55. The number of morpholine rings is 1. The third-order valence-corrected chi connectivity index (χ3v) is 7.33. The molecular weight excluding hydrogens is 430 g/mol. The highest BCUT2D eigenvalue weighted by Gasteiger charge is 2.46. The standard InChI is InChI=1S/C27H33N3O4/c1-21-23(9-5-10-24(21)28-15-17-33-18-16-28)25(31)29-13-6-11-27(12-14-29)20-30(26(32)34-27)19-22-7-3-2-4-8-22/h2-5,7-10H,6,11-20H2,1H3/t27-/m0/s1. The molecule has 0 N–H and O–H groups in total. The molecule has 7 nitrogen and oxygen atoms in total. The topological polar surface area (TPSA) is 62.3 Å². The van der Waals surface area contributed by atoms with Gasteiger partial charge in [-0.05, 0) is 43.0 Å². The van der Waals surface area contributed by atoms with E-state index in [1.807, 2.05) is 54.3 Å². The lowest BCUT2D eigenvalue weighted by Gasteiger charge is -2.31. The van der Waals surface area contributed by atoms with Gasteiger partial charge >= 0.3 is 6.09 Å². The van der Waals surface area contributed by atoms with E-state index in [-0.39, 0.29) is 12.0 Å². The van der Waals surface area contributed by atoms with Gasteiger partial charge < -0.3 is 19.3 Å². The third kappa shape index (κ3) is 4.62. The molecular formula is C27H33N3O4. The molecule has 0 unspecified atom stereocenters. The van der Waals surface area contributed by atoms with Crippen molar-refractivity contribution in [1.29, 1.82) is 0 Å². The van der Waals surface area contributed by atoms with Crippen LogP contribution in [0.4, 0.5) is 10.5 Å². The zero-order chi connectivity index (χ0) is 23.5. The van der Waals surface area contributed by atoms with Crippen molar-refractivity contribution >= 4 is 17.7 Å². The van der Waals surface area contributed by atoms with Gasteiger partial charge in [0, 0.05) is 50.4 Å². The normalized spacial score (nSPS) is 23.2. The first-order chi connectivity index (χ1) is 16.5. The Bertz CT molecular complexity index is 1040. The zero-order valence-electron chi connectivity index (χ0n) is 19.9. The summed E-state index contributed by atoms with van der Waals surface area (Å²) >= 11 is 0. The molecule has 34 heavy (non-hydrogen) atoms. The van der Waals surface area contributed by atoms with Crippen molar-refractivity contribution < 1.29 is 19.1 Å². The highest BCUT2D eigenvalue weighted by molar-refractivity contribution is 5.97. The number of rotatable bonds is 4. The SMILES string of the molecule is Cc1c(C(=O)N2CCC[C@]3(CC2)CN(Cc2ccccc2)C(=O)O3)cccc1N1CCOCC1. The Balaban J connectivity index is 1.26. The summed E-state index contributed by atoms with van der Waals surface area (Å²) in [4.78, 5) is 32.2. The van der Waals surface area contributed by atoms with E-state index < -0.39 is 5.60 Å². The van der Waals surface area contributed by atoms with Crippen LogP contribution in [-0.4, -0.2) is 73.3 Å². The number of hydrogen-bond donors (Lipinski definition) is 0. The minimum Gasteiger partial charge on any atom is -0.441 e. The molecule has 1 atom stereocenters. The lowest BCUT2D eigenvalue weighted by atomic mass is 9.95. The van der Waals surface area contributed by atoms with E-state index >= 15 is 0 Å². The fraction of sp³-hybridized carbons (Fsp3) is 0.481. The van der Waals surface area contributed by atoms with Crippen LogP contribution in [0, 0.1) is 6.92 Å². The smallest absolute Gasteiger partial charge is 0.410 e. The fourth-order valence-corrected chi connectivity index (χ4v) is 5.42. The molecule has 0 saturated carbocycles. The van der Waals surface area contributed by atoms with Crippen molar-refractivity contribution in [2.24, 2.45) is 0 Å². The van der Waals surface area contributed by atoms with Crippen molar-refractivity contribution in [3.63, 3.8) is 0 Å². The average Bonchev–Trinajstić information content (AvgIpc) is 3.02. The maximum Gasteiger partial charge on any atom is 0.410 e. The first-order valence-corrected chi connectivity index (χ1v) is 12.3. The zero-order valence-corrected chi connectivity index (χ0v) is 19.9. The Morgan fingerprint density at radius 3 is 2.56 bits per heavy atom. The summed E-state index contributed by atoms with van der Waals surface area (Å²) in [5, 5.41) is 0. The van der Waals surface area contributed by atoms with E-state index in [1.165, 1.54) is 0 Å². The van der Waals surface area contributed by atoms with E-state index in [2.05, 4.69) is 11.0 Å². The van der Waals surface area contributed by atoms with Crippen LogP contribution < -0.4 is 4.90 Å². The van der Waals surface area contributed by atoms with Crippen LogP contribution in [0.15, 0.2) is 48.5 Å². The molecule has 3 heterocycles. The van der Waals surface area contributed by atoms with E-state index in [4.69, 9.17) is 9.47 Å². The number of likely N-dealkylation sites (tertiary alicyclic amines) is 1. The van der Waals surface area contributed by atoms with Crippen LogP contribution in [0.2, 0.25) is 0 Å². The number of hydrogen-bond acceptors (Lipinski definition) is 5. The molecule has 2 aromatic rings. The summed E-state index contributed by atoms with van der Waals surface area (Å²) < 4.78 is 11.4. The predicted octanol–water partition coefficient (Wildman–Crippen LogP) is 3.85. The quantitative estimate of drug-likeness (QED) is 0.689. The first kappa shape index (κ1) is 22.7. The second kappa shape index (κ2) is 9.66. The number of carbonyl (C=O) groups is 2. The maximum absolute atomic E-state index is 13.5. The van der Waals surface area contributed by atoms with Gasteiger partial charge in [0.1, 0.15) is 5.60 Å². The molecule has 3 saturated heterocycles.